The monoisotopic (exact) mass is 244 g/mol. The lowest BCUT2D eigenvalue weighted by molar-refractivity contribution is -0.201. The minimum atomic E-state index is -1.09. The number of esters is 1. The molecule has 0 aromatic rings. The van der Waals surface area contributed by atoms with Gasteiger partial charge in [0.15, 0.2) is 6.10 Å². The summed E-state index contributed by atoms with van der Waals surface area (Å²) in [6, 6.07) is 0. The maximum Gasteiger partial charge on any atom is 0.335 e. The van der Waals surface area contributed by atoms with Crippen molar-refractivity contribution in [1.29, 1.82) is 0 Å². The van der Waals surface area contributed by atoms with E-state index < -0.39 is 36.4 Å². The molecular weight excluding hydrogens is 228 g/mol. The highest BCUT2D eigenvalue weighted by Gasteiger charge is 2.41. The molecule has 1 aliphatic heterocycles. The number of aliphatic carboxylic acids is 1. The van der Waals surface area contributed by atoms with Gasteiger partial charge >= 0.3 is 11.9 Å². The smallest absolute Gasteiger partial charge is 0.335 e. The summed E-state index contributed by atoms with van der Waals surface area (Å²) in [5.41, 5.74) is 0. The number of ether oxygens (including phenoxy) is 3. The van der Waals surface area contributed by atoms with Crippen LogP contribution in [-0.4, -0.2) is 48.6 Å². The van der Waals surface area contributed by atoms with Crippen LogP contribution in [0.3, 0.4) is 0 Å². The number of methoxy groups -OCH3 is 1. The van der Waals surface area contributed by atoms with Crippen LogP contribution >= 0.6 is 0 Å². The lowest BCUT2D eigenvalue weighted by Crippen LogP contribution is -2.51. The lowest BCUT2D eigenvalue weighted by atomic mass is 9.98. The van der Waals surface area contributed by atoms with Crippen LogP contribution in [0.5, 0.6) is 0 Å². The van der Waals surface area contributed by atoms with Gasteiger partial charge in [0.25, 0.3) is 0 Å². The molecule has 1 aliphatic rings. The van der Waals surface area contributed by atoms with Crippen LogP contribution in [0.2, 0.25) is 0 Å². The molecule has 1 fully saturated rings. The van der Waals surface area contributed by atoms with Gasteiger partial charge in [-0.1, -0.05) is 6.58 Å². The first-order chi connectivity index (χ1) is 7.99. The van der Waals surface area contributed by atoms with Gasteiger partial charge in [0, 0.05) is 19.6 Å². The van der Waals surface area contributed by atoms with Gasteiger partial charge in [0.05, 0.1) is 12.2 Å². The highest BCUT2D eigenvalue weighted by molar-refractivity contribution is 5.81. The molecular formula is C11H16O6. The molecule has 1 saturated heterocycles. The van der Waals surface area contributed by atoms with E-state index >= 15 is 0 Å². The van der Waals surface area contributed by atoms with Gasteiger partial charge in [-0.05, 0) is 6.92 Å². The van der Waals surface area contributed by atoms with E-state index in [4.69, 9.17) is 19.3 Å². The maximum atomic E-state index is 11.1. The topological polar surface area (TPSA) is 82.1 Å². The van der Waals surface area contributed by atoms with Gasteiger partial charge < -0.3 is 19.3 Å². The quantitative estimate of drug-likeness (QED) is 0.568. The van der Waals surface area contributed by atoms with E-state index in [0.717, 1.165) is 6.08 Å². The van der Waals surface area contributed by atoms with Crippen molar-refractivity contribution in [3.05, 3.63) is 12.7 Å². The zero-order valence-electron chi connectivity index (χ0n) is 9.79. The van der Waals surface area contributed by atoms with E-state index in [-0.39, 0.29) is 6.42 Å². The van der Waals surface area contributed by atoms with Crippen LogP contribution in [0.15, 0.2) is 12.7 Å². The second-order valence-electron chi connectivity index (χ2n) is 3.79. The molecule has 0 aliphatic carbocycles. The second kappa shape index (κ2) is 5.79. The van der Waals surface area contributed by atoms with Crippen molar-refractivity contribution in [2.24, 2.45) is 0 Å². The summed E-state index contributed by atoms with van der Waals surface area (Å²) >= 11 is 0. The average Bonchev–Trinajstić information content (AvgIpc) is 2.30. The Balaban J connectivity index is 2.70. The van der Waals surface area contributed by atoms with Crippen LogP contribution in [0.25, 0.3) is 0 Å². The largest absolute Gasteiger partial charge is 0.479 e. The third kappa shape index (κ3) is 3.28. The molecule has 0 radical (unpaired) electrons. The molecule has 0 spiro atoms. The van der Waals surface area contributed by atoms with Crippen LogP contribution in [0.4, 0.5) is 0 Å². The molecule has 6 heteroatoms. The van der Waals surface area contributed by atoms with Gasteiger partial charge in [0.1, 0.15) is 6.10 Å². The Morgan fingerprint density at radius 3 is 2.59 bits per heavy atom. The van der Waals surface area contributed by atoms with Crippen molar-refractivity contribution in [2.75, 3.05) is 7.11 Å². The fraction of sp³-hybridized carbons (Fsp3) is 0.636. The number of hydrogen-bond donors (Lipinski definition) is 1. The van der Waals surface area contributed by atoms with Crippen molar-refractivity contribution in [3.63, 3.8) is 0 Å². The Labute approximate surface area is 99.2 Å². The zero-order valence-corrected chi connectivity index (χ0v) is 9.79. The molecule has 0 bridgehead atoms. The molecule has 96 valence electrons. The van der Waals surface area contributed by atoms with Crippen LogP contribution in [0, 0.1) is 0 Å². The summed E-state index contributed by atoms with van der Waals surface area (Å²) in [5.74, 6) is -1.65. The molecule has 0 saturated carbocycles. The average molecular weight is 244 g/mol. The summed E-state index contributed by atoms with van der Waals surface area (Å²) in [6.07, 6.45) is -1.35. The predicted octanol–water partition coefficient (Wildman–Crippen LogP) is 0.361. The fourth-order valence-corrected chi connectivity index (χ4v) is 1.73. The van der Waals surface area contributed by atoms with Crippen molar-refractivity contribution in [1.82, 2.24) is 0 Å². The number of carboxylic acids is 1. The first-order valence-corrected chi connectivity index (χ1v) is 5.23. The van der Waals surface area contributed by atoms with E-state index in [0.29, 0.717) is 0 Å². The molecule has 0 aromatic heterocycles. The Morgan fingerprint density at radius 1 is 1.47 bits per heavy atom. The second-order valence-corrected chi connectivity index (χ2v) is 3.79. The van der Waals surface area contributed by atoms with Gasteiger partial charge in [-0.2, -0.15) is 0 Å². The Kier molecular flexibility index (Phi) is 4.65. The van der Waals surface area contributed by atoms with Gasteiger partial charge in [-0.3, -0.25) is 0 Å². The molecule has 0 aromatic carbocycles. The summed E-state index contributed by atoms with van der Waals surface area (Å²) in [4.78, 5) is 22.0. The summed E-state index contributed by atoms with van der Waals surface area (Å²) in [5, 5.41) is 8.94. The van der Waals surface area contributed by atoms with E-state index in [1.165, 1.54) is 7.11 Å². The highest BCUT2D eigenvalue weighted by Crippen LogP contribution is 2.24. The molecule has 4 unspecified atom stereocenters. The van der Waals surface area contributed by atoms with Crippen molar-refractivity contribution < 1.29 is 28.9 Å². The minimum Gasteiger partial charge on any atom is -0.479 e. The summed E-state index contributed by atoms with van der Waals surface area (Å²) in [7, 11) is 1.40. The SMILES string of the molecule is C=CC(=O)OC1CC(OC)C(C(=O)O)OC1C. The van der Waals surface area contributed by atoms with E-state index in [2.05, 4.69) is 6.58 Å². The van der Waals surface area contributed by atoms with Crippen LogP contribution in [0.1, 0.15) is 13.3 Å². The van der Waals surface area contributed by atoms with E-state index in [1.54, 1.807) is 6.92 Å². The molecule has 1 heterocycles. The molecule has 0 amide bonds. The molecule has 1 N–H and O–H groups in total. The minimum absolute atomic E-state index is 0.286. The lowest BCUT2D eigenvalue weighted by Gasteiger charge is -2.36. The van der Waals surface area contributed by atoms with Crippen LogP contribution in [-0.2, 0) is 23.8 Å². The number of carboxylic acid groups (broad SMARTS) is 1. The standard InChI is InChI=1S/C11H16O6/c1-4-9(12)17-7-5-8(15-3)10(11(13)14)16-6(7)2/h4,6-8,10H,1,5H2,2-3H3,(H,13,14). The van der Waals surface area contributed by atoms with Gasteiger partial charge in [-0.25, -0.2) is 9.59 Å². The first kappa shape index (κ1) is 13.7. The van der Waals surface area contributed by atoms with E-state index in [9.17, 15) is 9.59 Å². The van der Waals surface area contributed by atoms with Crippen molar-refractivity contribution >= 4 is 11.9 Å². The summed E-state index contributed by atoms with van der Waals surface area (Å²) < 4.78 is 15.4. The molecule has 4 atom stereocenters. The number of rotatable bonds is 4. The number of carbonyl (C=O) groups excluding carboxylic acids is 1. The third-order valence-electron chi connectivity index (χ3n) is 2.67. The highest BCUT2D eigenvalue weighted by atomic mass is 16.6. The number of hydrogen-bond acceptors (Lipinski definition) is 5. The Bertz CT molecular complexity index is 313. The summed E-state index contributed by atoms with van der Waals surface area (Å²) in [6.45, 7) is 4.95. The Morgan fingerprint density at radius 2 is 2.12 bits per heavy atom. The van der Waals surface area contributed by atoms with E-state index in [1.807, 2.05) is 0 Å². The zero-order chi connectivity index (χ0) is 13.0. The van der Waals surface area contributed by atoms with Crippen molar-refractivity contribution in [2.45, 2.75) is 37.8 Å². The van der Waals surface area contributed by atoms with Crippen molar-refractivity contribution in [3.8, 4) is 0 Å². The predicted molar refractivity (Wildman–Crippen MR) is 57.5 cm³/mol. The molecule has 17 heavy (non-hydrogen) atoms. The van der Waals surface area contributed by atoms with Gasteiger partial charge in [0.2, 0.25) is 0 Å². The first-order valence-electron chi connectivity index (χ1n) is 5.23. The van der Waals surface area contributed by atoms with Gasteiger partial charge in [-0.15, -0.1) is 0 Å². The third-order valence-corrected chi connectivity index (χ3v) is 2.67. The Hall–Kier alpha value is -1.40. The normalized spacial score (nSPS) is 32.8. The van der Waals surface area contributed by atoms with Crippen LogP contribution < -0.4 is 0 Å². The maximum absolute atomic E-state index is 11.1. The molecule has 6 nitrogen and oxygen atoms in total. The molecule has 1 rings (SSSR count). The number of carbonyl (C=O) groups is 2. The fourth-order valence-electron chi connectivity index (χ4n) is 1.73.